The molecule has 0 aliphatic carbocycles. The van der Waals surface area contributed by atoms with E-state index in [1.807, 2.05) is 24.3 Å². The van der Waals surface area contributed by atoms with Gasteiger partial charge in [-0.1, -0.05) is 18.2 Å². The molecule has 2 aromatic rings. The third kappa shape index (κ3) is 5.36. The van der Waals surface area contributed by atoms with E-state index >= 15 is 0 Å². The molecule has 2 heterocycles. The Morgan fingerprint density at radius 1 is 1.04 bits per heavy atom. The number of benzene rings is 1. The average Bonchev–Trinajstić information content (AvgIpc) is 2.65. The Morgan fingerprint density at radius 3 is 2.46 bits per heavy atom. The second kappa shape index (κ2) is 8.79. The predicted octanol–water partition coefficient (Wildman–Crippen LogP) is 2.57. The van der Waals surface area contributed by atoms with Gasteiger partial charge in [0.15, 0.2) is 0 Å². The van der Waals surface area contributed by atoms with E-state index in [0.717, 1.165) is 73.4 Å². The lowest BCUT2D eigenvalue weighted by molar-refractivity contribution is -0.138. The van der Waals surface area contributed by atoms with E-state index in [1.165, 1.54) is 0 Å². The van der Waals surface area contributed by atoms with E-state index in [-0.39, 0.29) is 6.54 Å². The molecule has 5 nitrogen and oxygen atoms in total. The maximum atomic E-state index is 12.9. The first-order chi connectivity index (χ1) is 13.3. The van der Waals surface area contributed by atoms with Gasteiger partial charge >= 0.3 is 6.18 Å². The summed E-state index contributed by atoms with van der Waals surface area (Å²) in [5.74, 6) is 0. The van der Waals surface area contributed by atoms with Crippen LogP contribution in [0.5, 0.6) is 0 Å². The van der Waals surface area contributed by atoms with E-state index in [4.69, 9.17) is 0 Å². The number of halogens is 3. The molecule has 3 rings (SSSR count). The molecule has 28 heavy (non-hydrogen) atoms. The summed E-state index contributed by atoms with van der Waals surface area (Å²) in [6.07, 6.45) is -3.60. The van der Waals surface area contributed by atoms with Gasteiger partial charge in [0.25, 0.3) is 5.56 Å². The zero-order valence-corrected chi connectivity index (χ0v) is 15.9. The third-order valence-corrected chi connectivity index (χ3v) is 5.01. The van der Waals surface area contributed by atoms with Gasteiger partial charge in [-0.05, 0) is 24.7 Å². The summed E-state index contributed by atoms with van der Waals surface area (Å²) in [5.41, 5.74) is 0.330. The quantitative estimate of drug-likeness (QED) is 0.818. The molecule has 1 aliphatic heterocycles. The van der Waals surface area contributed by atoms with Crippen molar-refractivity contribution >= 4 is 5.69 Å². The zero-order chi connectivity index (χ0) is 20.1. The Bertz CT molecular complexity index is 842. The molecule has 152 valence electrons. The number of hydrogen-bond acceptors (Lipinski definition) is 4. The van der Waals surface area contributed by atoms with Crippen molar-refractivity contribution in [3.05, 3.63) is 64.1 Å². The molecular weight excluding hydrogens is 369 g/mol. The molecular formula is C20H25F3N4O. The SMILES string of the molecule is CN1CCN(CCNc2ccccc2Cn2cc(C(F)(F)F)ccc2=O)CC1. The number of nitrogens with zero attached hydrogens (tertiary/aromatic N) is 3. The largest absolute Gasteiger partial charge is 0.417 e. The number of anilines is 1. The topological polar surface area (TPSA) is 40.5 Å². The van der Waals surface area contributed by atoms with Crippen LogP contribution in [0.3, 0.4) is 0 Å². The molecule has 1 aliphatic rings. The van der Waals surface area contributed by atoms with Crippen molar-refractivity contribution in [2.24, 2.45) is 0 Å². The third-order valence-electron chi connectivity index (χ3n) is 5.01. The number of rotatable bonds is 6. The first-order valence-corrected chi connectivity index (χ1v) is 9.33. The highest BCUT2D eigenvalue weighted by molar-refractivity contribution is 5.51. The van der Waals surface area contributed by atoms with Gasteiger partial charge < -0.3 is 14.8 Å². The number of hydrogen-bond donors (Lipinski definition) is 1. The van der Waals surface area contributed by atoms with Crippen LogP contribution >= 0.6 is 0 Å². The molecule has 1 N–H and O–H groups in total. The molecule has 0 spiro atoms. The maximum absolute atomic E-state index is 12.9. The Hall–Kier alpha value is -2.32. The first-order valence-electron chi connectivity index (χ1n) is 9.33. The number of para-hydroxylation sites is 1. The van der Waals surface area contributed by atoms with Gasteiger partial charge in [-0.3, -0.25) is 9.69 Å². The predicted molar refractivity (Wildman–Crippen MR) is 104 cm³/mol. The Balaban J connectivity index is 1.67. The zero-order valence-electron chi connectivity index (χ0n) is 15.9. The van der Waals surface area contributed by atoms with Crippen molar-refractivity contribution in [3.63, 3.8) is 0 Å². The van der Waals surface area contributed by atoms with Crippen LogP contribution in [-0.4, -0.2) is 60.7 Å². The van der Waals surface area contributed by atoms with Gasteiger partial charge in [0.2, 0.25) is 0 Å². The molecule has 0 bridgehead atoms. The Kier molecular flexibility index (Phi) is 6.41. The summed E-state index contributed by atoms with van der Waals surface area (Å²) in [6, 6.07) is 9.18. The second-order valence-electron chi connectivity index (χ2n) is 7.11. The molecule has 0 amide bonds. The lowest BCUT2D eigenvalue weighted by Crippen LogP contribution is -2.45. The highest BCUT2D eigenvalue weighted by atomic mass is 19.4. The molecule has 8 heteroatoms. The van der Waals surface area contributed by atoms with Crippen LogP contribution < -0.4 is 10.9 Å². The van der Waals surface area contributed by atoms with E-state index in [1.54, 1.807) is 0 Å². The molecule has 0 atom stereocenters. The lowest BCUT2D eigenvalue weighted by atomic mass is 10.1. The highest BCUT2D eigenvalue weighted by Gasteiger charge is 2.31. The summed E-state index contributed by atoms with van der Waals surface area (Å²) in [5, 5.41) is 3.36. The summed E-state index contributed by atoms with van der Waals surface area (Å²) in [4.78, 5) is 16.7. The van der Waals surface area contributed by atoms with Crippen LogP contribution in [0.15, 0.2) is 47.4 Å². The van der Waals surface area contributed by atoms with Crippen molar-refractivity contribution in [3.8, 4) is 0 Å². The van der Waals surface area contributed by atoms with E-state index < -0.39 is 17.3 Å². The smallest absolute Gasteiger partial charge is 0.383 e. The van der Waals surface area contributed by atoms with Crippen molar-refractivity contribution < 1.29 is 13.2 Å². The van der Waals surface area contributed by atoms with E-state index in [0.29, 0.717) is 0 Å². The normalized spacial score (nSPS) is 16.3. The minimum atomic E-state index is -4.48. The van der Waals surface area contributed by atoms with Crippen LogP contribution in [0.4, 0.5) is 18.9 Å². The van der Waals surface area contributed by atoms with E-state index in [2.05, 4.69) is 22.2 Å². The Labute approximate surface area is 162 Å². The summed E-state index contributed by atoms with van der Waals surface area (Å²) in [7, 11) is 2.11. The van der Waals surface area contributed by atoms with Crippen molar-refractivity contribution in [1.29, 1.82) is 0 Å². The summed E-state index contributed by atoms with van der Waals surface area (Å²) in [6.45, 7) is 5.87. The van der Waals surface area contributed by atoms with Crippen LogP contribution in [-0.2, 0) is 12.7 Å². The van der Waals surface area contributed by atoms with Crippen molar-refractivity contribution in [2.45, 2.75) is 12.7 Å². The molecule has 1 aromatic carbocycles. The standard InChI is InChI=1S/C20H25F3N4O/c1-25-10-12-26(13-11-25)9-8-24-18-5-3-2-4-16(18)14-27-15-17(20(21,22)23)6-7-19(27)28/h2-7,15,24H,8-14H2,1H3. The number of aromatic nitrogens is 1. The Morgan fingerprint density at radius 2 is 1.75 bits per heavy atom. The second-order valence-corrected chi connectivity index (χ2v) is 7.11. The van der Waals surface area contributed by atoms with Crippen LogP contribution in [0.2, 0.25) is 0 Å². The number of alkyl halides is 3. The van der Waals surface area contributed by atoms with Crippen LogP contribution in [0.25, 0.3) is 0 Å². The van der Waals surface area contributed by atoms with E-state index in [9.17, 15) is 18.0 Å². The van der Waals surface area contributed by atoms with Gasteiger partial charge in [-0.2, -0.15) is 13.2 Å². The van der Waals surface area contributed by atoms with Crippen LogP contribution in [0, 0.1) is 0 Å². The van der Waals surface area contributed by atoms with Gasteiger partial charge in [0.05, 0.1) is 12.1 Å². The maximum Gasteiger partial charge on any atom is 0.417 e. The fourth-order valence-electron chi connectivity index (χ4n) is 3.26. The molecule has 0 radical (unpaired) electrons. The fourth-order valence-corrected chi connectivity index (χ4v) is 3.26. The lowest BCUT2D eigenvalue weighted by Gasteiger charge is -2.32. The number of piperazine rings is 1. The highest BCUT2D eigenvalue weighted by Crippen LogP contribution is 2.28. The van der Waals surface area contributed by atoms with Crippen molar-refractivity contribution in [1.82, 2.24) is 14.4 Å². The van der Waals surface area contributed by atoms with Crippen LogP contribution in [0.1, 0.15) is 11.1 Å². The molecule has 1 fully saturated rings. The number of likely N-dealkylation sites (N-methyl/N-ethyl adjacent to an activating group) is 1. The summed E-state index contributed by atoms with van der Waals surface area (Å²) >= 11 is 0. The van der Waals surface area contributed by atoms with Crippen molar-refractivity contribution in [2.75, 3.05) is 51.6 Å². The van der Waals surface area contributed by atoms with Gasteiger partial charge in [0, 0.05) is 57.2 Å². The van der Waals surface area contributed by atoms with Gasteiger partial charge in [-0.25, -0.2) is 0 Å². The minimum Gasteiger partial charge on any atom is -0.383 e. The summed E-state index contributed by atoms with van der Waals surface area (Å²) < 4.78 is 40.0. The number of nitrogens with one attached hydrogen (secondary N) is 1. The molecule has 0 unspecified atom stereocenters. The number of pyridine rings is 1. The molecule has 0 saturated carbocycles. The molecule has 1 saturated heterocycles. The first kappa shape index (κ1) is 20.4. The minimum absolute atomic E-state index is 0.0838. The molecule has 1 aromatic heterocycles. The van der Waals surface area contributed by atoms with Gasteiger partial charge in [-0.15, -0.1) is 0 Å². The van der Waals surface area contributed by atoms with Gasteiger partial charge in [0.1, 0.15) is 0 Å². The monoisotopic (exact) mass is 394 g/mol. The fraction of sp³-hybridized carbons (Fsp3) is 0.450. The average molecular weight is 394 g/mol.